The van der Waals surface area contributed by atoms with E-state index in [9.17, 15) is 13.2 Å². The van der Waals surface area contributed by atoms with Crippen LogP contribution in [0.5, 0.6) is 5.88 Å². The van der Waals surface area contributed by atoms with Gasteiger partial charge in [-0.2, -0.15) is 13.2 Å². The van der Waals surface area contributed by atoms with Crippen molar-refractivity contribution in [2.24, 2.45) is 0 Å². The van der Waals surface area contributed by atoms with Crippen molar-refractivity contribution in [3.8, 4) is 5.88 Å². The third kappa shape index (κ3) is 4.25. The van der Waals surface area contributed by atoms with Gasteiger partial charge >= 0.3 is 6.18 Å². The molecule has 0 radical (unpaired) electrons. The molecular weight excluding hydrogens is 323 g/mol. The number of ether oxygens (including phenoxy) is 1. The molecule has 0 aromatic carbocycles. The van der Waals surface area contributed by atoms with Gasteiger partial charge in [0.2, 0.25) is 5.88 Å². The third-order valence-electron chi connectivity index (χ3n) is 3.93. The monoisotopic (exact) mass is 341 g/mol. The van der Waals surface area contributed by atoms with E-state index in [-0.39, 0.29) is 12.0 Å². The van der Waals surface area contributed by atoms with Crippen LogP contribution in [0.15, 0.2) is 28.9 Å². The van der Waals surface area contributed by atoms with Crippen molar-refractivity contribution < 1.29 is 22.3 Å². The predicted molar refractivity (Wildman–Crippen MR) is 79.4 cm³/mol. The van der Waals surface area contributed by atoms with Crippen molar-refractivity contribution in [2.75, 3.05) is 13.1 Å². The minimum Gasteiger partial charge on any atom is -0.474 e. The van der Waals surface area contributed by atoms with E-state index in [1.165, 1.54) is 6.07 Å². The van der Waals surface area contributed by atoms with Gasteiger partial charge in [-0.05, 0) is 18.9 Å². The molecule has 3 rings (SSSR count). The Morgan fingerprint density at radius 1 is 1.21 bits per heavy atom. The lowest BCUT2D eigenvalue weighted by Gasteiger charge is -2.31. The van der Waals surface area contributed by atoms with E-state index in [1.54, 1.807) is 13.1 Å². The average Bonchev–Trinajstić information content (AvgIpc) is 2.94. The fourth-order valence-corrected chi connectivity index (χ4v) is 2.67. The van der Waals surface area contributed by atoms with Gasteiger partial charge in [0.25, 0.3) is 0 Å². The molecule has 1 aliphatic heterocycles. The van der Waals surface area contributed by atoms with Crippen LogP contribution in [-0.2, 0) is 12.7 Å². The highest BCUT2D eigenvalue weighted by Gasteiger charge is 2.31. The number of nitrogens with zero attached hydrogens (tertiary/aromatic N) is 3. The van der Waals surface area contributed by atoms with Gasteiger partial charge in [-0.3, -0.25) is 4.90 Å². The van der Waals surface area contributed by atoms with Crippen LogP contribution in [0.1, 0.15) is 30.1 Å². The Morgan fingerprint density at radius 3 is 2.50 bits per heavy atom. The first-order valence-electron chi connectivity index (χ1n) is 7.74. The molecular formula is C16H18F3N3O2. The smallest absolute Gasteiger partial charge is 0.417 e. The summed E-state index contributed by atoms with van der Waals surface area (Å²) in [6.07, 6.45) is -0.315. The maximum Gasteiger partial charge on any atom is 0.417 e. The van der Waals surface area contributed by atoms with Crippen molar-refractivity contribution in [3.05, 3.63) is 41.7 Å². The summed E-state index contributed by atoms with van der Waals surface area (Å²) in [5.74, 6) is 1.71. The first-order valence-corrected chi connectivity index (χ1v) is 7.74. The van der Waals surface area contributed by atoms with E-state index < -0.39 is 11.7 Å². The molecule has 0 spiro atoms. The Balaban J connectivity index is 1.48. The average molecular weight is 341 g/mol. The topological polar surface area (TPSA) is 51.4 Å². The highest BCUT2D eigenvalue weighted by atomic mass is 19.4. The SMILES string of the molecule is Cc1ncc(CN2CCC(Oc3ccc(C(F)(F)F)cn3)CC2)o1. The quantitative estimate of drug-likeness (QED) is 0.853. The van der Waals surface area contributed by atoms with Crippen LogP contribution < -0.4 is 4.74 Å². The first-order chi connectivity index (χ1) is 11.4. The van der Waals surface area contributed by atoms with Crippen molar-refractivity contribution in [2.45, 2.75) is 38.6 Å². The van der Waals surface area contributed by atoms with Gasteiger partial charge in [0.1, 0.15) is 11.9 Å². The third-order valence-corrected chi connectivity index (χ3v) is 3.93. The second-order valence-corrected chi connectivity index (χ2v) is 5.82. The van der Waals surface area contributed by atoms with Crippen molar-refractivity contribution in [1.29, 1.82) is 0 Å². The van der Waals surface area contributed by atoms with Crippen LogP contribution in [-0.4, -0.2) is 34.1 Å². The minimum absolute atomic E-state index is 0.0399. The second-order valence-electron chi connectivity index (χ2n) is 5.82. The highest BCUT2D eigenvalue weighted by molar-refractivity contribution is 5.20. The molecule has 1 aliphatic rings. The van der Waals surface area contributed by atoms with Gasteiger partial charge in [-0.1, -0.05) is 0 Å². The lowest BCUT2D eigenvalue weighted by atomic mass is 10.1. The van der Waals surface area contributed by atoms with Crippen molar-refractivity contribution >= 4 is 0 Å². The zero-order valence-electron chi connectivity index (χ0n) is 13.2. The van der Waals surface area contributed by atoms with E-state index in [1.807, 2.05) is 0 Å². The predicted octanol–water partition coefficient (Wildman–Crippen LogP) is 3.44. The van der Waals surface area contributed by atoms with Gasteiger partial charge < -0.3 is 9.15 Å². The van der Waals surface area contributed by atoms with Crippen LogP contribution in [0.2, 0.25) is 0 Å². The van der Waals surface area contributed by atoms with Crippen LogP contribution >= 0.6 is 0 Å². The normalized spacial score (nSPS) is 17.2. The number of aryl methyl sites for hydroxylation is 1. The molecule has 1 saturated heterocycles. The summed E-state index contributed by atoms with van der Waals surface area (Å²) >= 11 is 0. The maximum atomic E-state index is 12.5. The van der Waals surface area contributed by atoms with Crippen molar-refractivity contribution in [1.82, 2.24) is 14.9 Å². The van der Waals surface area contributed by atoms with E-state index in [0.717, 1.165) is 44.0 Å². The van der Waals surface area contributed by atoms with Gasteiger partial charge in [0.15, 0.2) is 5.89 Å². The maximum absolute atomic E-state index is 12.5. The molecule has 5 nitrogen and oxygen atoms in total. The van der Waals surface area contributed by atoms with E-state index in [4.69, 9.17) is 9.15 Å². The zero-order chi connectivity index (χ0) is 17.2. The molecule has 130 valence electrons. The van der Waals surface area contributed by atoms with Gasteiger partial charge in [0.05, 0.1) is 18.3 Å². The molecule has 0 N–H and O–H groups in total. The molecule has 1 fully saturated rings. The lowest BCUT2D eigenvalue weighted by molar-refractivity contribution is -0.137. The number of aromatic nitrogens is 2. The zero-order valence-corrected chi connectivity index (χ0v) is 13.2. The molecule has 0 aliphatic carbocycles. The molecule has 0 unspecified atom stereocenters. The summed E-state index contributed by atoms with van der Waals surface area (Å²) in [4.78, 5) is 10.1. The number of likely N-dealkylation sites (tertiary alicyclic amines) is 1. The number of alkyl halides is 3. The Bertz CT molecular complexity index is 662. The van der Waals surface area contributed by atoms with Crippen LogP contribution in [0.25, 0.3) is 0 Å². The summed E-state index contributed by atoms with van der Waals surface area (Å²) in [7, 11) is 0. The van der Waals surface area contributed by atoms with Crippen LogP contribution in [0.3, 0.4) is 0 Å². The number of hydrogen-bond donors (Lipinski definition) is 0. The van der Waals surface area contributed by atoms with Gasteiger partial charge in [0, 0.05) is 32.3 Å². The number of pyridine rings is 1. The second kappa shape index (κ2) is 6.80. The molecule has 0 saturated carbocycles. The Morgan fingerprint density at radius 2 is 1.96 bits per heavy atom. The molecule has 0 atom stereocenters. The molecule has 3 heterocycles. The standard InChI is InChI=1S/C16H18F3N3O2/c1-11-20-9-14(23-11)10-22-6-4-13(5-7-22)24-15-3-2-12(8-21-15)16(17,18)19/h2-3,8-9,13H,4-7,10H2,1H3. The fraction of sp³-hybridized carbons (Fsp3) is 0.500. The van der Waals surface area contributed by atoms with E-state index in [0.29, 0.717) is 12.4 Å². The molecule has 0 amide bonds. The van der Waals surface area contributed by atoms with E-state index in [2.05, 4.69) is 14.9 Å². The Labute approximate surface area is 137 Å². The molecule has 2 aromatic heterocycles. The van der Waals surface area contributed by atoms with Crippen LogP contribution in [0.4, 0.5) is 13.2 Å². The van der Waals surface area contributed by atoms with Gasteiger partial charge in [-0.15, -0.1) is 0 Å². The largest absolute Gasteiger partial charge is 0.474 e. The number of halogens is 3. The van der Waals surface area contributed by atoms with Crippen LogP contribution in [0, 0.1) is 6.92 Å². The minimum atomic E-state index is -4.38. The summed E-state index contributed by atoms with van der Waals surface area (Å²) in [5, 5.41) is 0. The summed E-state index contributed by atoms with van der Waals surface area (Å²) in [5.41, 5.74) is -0.771. The molecule has 24 heavy (non-hydrogen) atoms. The Hall–Kier alpha value is -2.09. The molecule has 8 heteroatoms. The highest BCUT2D eigenvalue weighted by Crippen LogP contribution is 2.29. The summed E-state index contributed by atoms with van der Waals surface area (Å²) in [6, 6.07) is 2.26. The number of hydrogen-bond acceptors (Lipinski definition) is 5. The van der Waals surface area contributed by atoms with E-state index >= 15 is 0 Å². The molecule has 2 aromatic rings. The summed E-state index contributed by atoms with van der Waals surface area (Å²) in [6.45, 7) is 4.16. The summed E-state index contributed by atoms with van der Waals surface area (Å²) < 4.78 is 48.7. The number of oxazole rings is 1. The number of rotatable bonds is 4. The first kappa shape index (κ1) is 16.8. The van der Waals surface area contributed by atoms with Gasteiger partial charge in [-0.25, -0.2) is 9.97 Å². The molecule has 0 bridgehead atoms. The van der Waals surface area contributed by atoms with Crippen molar-refractivity contribution in [3.63, 3.8) is 0 Å². The lowest BCUT2D eigenvalue weighted by Crippen LogP contribution is -2.37. The number of piperidine rings is 1. The fourth-order valence-electron chi connectivity index (χ4n) is 2.67. The Kier molecular flexibility index (Phi) is 4.75.